The highest BCUT2D eigenvalue weighted by Gasteiger charge is 2.27. The lowest BCUT2D eigenvalue weighted by Crippen LogP contribution is -2.18. The quantitative estimate of drug-likeness (QED) is 0.431. The molecule has 9 heteroatoms. The van der Waals surface area contributed by atoms with Gasteiger partial charge in [0.2, 0.25) is 0 Å². The van der Waals surface area contributed by atoms with Gasteiger partial charge < -0.3 is 9.26 Å². The zero-order valence-electron chi connectivity index (χ0n) is 7.54. The van der Waals surface area contributed by atoms with Gasteiger partial charge in [0.05, 0.1) is 6.61 Å². The SMILES string of the molecule is NNc1nc(CCOCC(F)(F)F)no1. The minimum atomic E-state index is -4.32. The molecule has 0 aromatic carbocycles. The van der Waals surface area contributed by atoms with Crippen LogP contribution in [0.3, 0.4) is 0 Å². The molecule has 0 saturated carbocycles. The maximum absolute atomic E-state index is 11.6. The van der Waals surface area contributed by atoms with Crippen LogP contribution in [0.5, 0.6) is 0 Å². The second-order valence-corrected chi connectivity index (χ2v) is 2.58. The standard InChI is InChI=1S/C6H9F3N4O2/c7-6(8,9)3-14-2-1-4-11-5(12-10)15-13-4/h1-3,10H2,(H,11,12,13). The smallest absolute Gasteiger partial charge is 0.372 e. The van der Waals surface area contributed by atoms with Crippen molar-refractivity contribution in [2.45, 2.75) is 12.6 Å². The van der Waals surface area contributed by atoms with Crippen molar-refractivity contribution >= 4 is 6.01 Å². The maximum atomic E-state index is 11.6. The van der Waals surface area contributed by atoms with Gasteiger partial charge in [0.15, 0.2) is 5.82 Å². The van der Waals surface area contributed by atoms with Gasteiger partial charge in [-0.1, -0.05) is 5.16 Å². The Morgan fingerprint density at radius 1 is 1.47 bits per heavy atom. The van der Waals surface area contributed by atoms with E-state index in [1.165, 1.54) is 0 Å². The number of hydrazine groups is 1. The van der Waals surface area contributed by atoms with Crippen molar-refractivity contribution in [3.63, 3.8) is 0 Å². The summed E-state index contributed by atoms with van der Waals surface area (Å²) in [4.78, 5) is 3.69. The molecule has 1 heterocycles. The monoisotopic (exact) mass is 226 g/mol. The molecule has 0 bridgehead atoms. The number of nitrogens with two attached hydrogens (primary N) is 1. The Hall–Kier alpha value is -1.35. The van der Waals surface area contributed by atoms with E-state index < -0.39 is 12.8 Å². The van der Waals surface area contributed by atoms with E-state index in [1.807, 2.05) is 0 Å². The van der Waals surface area contributed by atoms with Crippen molar-refractivity contribution in [3.8, 4) is 0 Å². The van der Waals surface area contributed by atoms with Crippen LogP contribution in [-0.4, -0.2) is 29.5 Å². The summed E-state index contributed by atoms with van der Waals surface area (Å²) in [6.45, 7) is -1.42. The molecule has 6 nitrogen and oxygen atoms in total. The van der Waals surface area contributed by atoms with Gasteiger partial charge >= 0.3 is 12.2 Å². The predicted molar refractivity (Wildman–Crippen MR) is 42.7 cm³/mol. The molecule has 0 aliphatic rings. The molecule has 0 atom stereocenters. The molecular weight excluding hydrogens is 217 g/mol. The van der Waals surface area contributed by atoms with Crippen molar-refractivity contribution < 1.29 is 22.4 Å². The number of aromatic nitrogens is 2. The largest absolute Gasteiger partial charge is 0.411 e. The predicted octanol–water partition coefficient (Wildman–Crippen LogP) is 0.477. The Bertz CT molecular complexity index is 301. The van der Waals surface area contributed by atoms with E-state index in [-0.39, 0.29) is 24.9 Å². The first kappa shape index (κ1) is 11.7. The minimum Gasteiger partial charge on any atom is -0.372 e. The number of alkyl halides is 3. The van der Waals surface area contributed by atoms with Crippen molar-refractivity contribution in [1.82, 2.24) is 10.1 Å². The average molecular weight is 226 g/mol. The molecule has 0 fully saturated rings. The van der Waals surface area contributed by atoms with Gasteiger partial charge in [0, 0.05) is 6.42 Å². The van der Waals surface area contributed by atoms with Crippen LogP contribution in [0, 0.1) is 0 Å². The van der Waals surface area contributed by atoms with Crippen LogP contribution in [-0.2, 0) is 11.2 Å². The van der Waals surface area contributed by atoms with Crippen LogP contribution in [0.1, 0.15) is 5.82 Å². The molecule has 0 spiro atoms. The molecule has 1 aromatic rings. The van der Waals surface area contributed by atoms with E-state index in [1.54, 1.807) is 0 Å². The Kier molecular flexibility index (Phi) is 3.86. The topological polar surface area (TPSA) is 86.2 Å². The number of nitrogens with zero attached hydrogens (tertiary/aromatic N) is 2. The number of anilines is 1. The second kappa shape index (κ2) is 4.94. The van der Waals surface area contributed by atoms with Gasteiger partial charge in [0.25, 0.3) is 0 Å². The lowest BCUT2D eigenvalue weighted by molar-refractivity contribution is -0.173. The van der Waals surface area contributed by atoms with Crippen LogP contribution in [0.4, 0.5) is 19.2 Å². The third-order valence-electron chi connectivity index (χ3n) is 1.33. The van der Waals surface area contributed by atoms with Gasteiger partial charge in [-0.25, -0.2) is 5.84 Å². The Labute approximate surface area is 82.5 Å². The molecule has 0 aliphatic carbocycles. The van der Waals surface area contributed by atoms with Gasteiger partial charge in [-0.05, 0) is 0 Å². The summed E-state index contributed by atoms with van der Waals surface area (Å²) in [6, 6.07) is 0.000761. The van der Waals surface area contributed by atoms with Crippen LogP contribution in [0.25, 0.3) is 0 Å². The van der Waals surface area contributed by atoms with Crippen molar-refractivity contribution in [2.75, 3.05) is 18.6 Å². The Morgan fingerprint density at radius 3 is 2.73 bits per heavy atom. The van der Waals surface area contributed by atoms with E-state index >= 15 is 0 Å². The average Bonchev–Trinajstić information content (AvgIpc) is 2.59. The Balaban J connectivity index is 2.20. The van der Waals surface area contributed by atoms with E-state index in [4.69, 9.17) is 5.84 Å². The number of nitrogen functional groups attached to an aromatic ring is 1. The van der Waals surface area contributed by atoms with Gasteiger partial charge in [0.1, 0.15) is 6.61 Å². The summed E-state index contributed by atoms with van der Waals surface area (Å²) in [7, 11) is 0. The summed E-state index contributed by atoms with van der Waals surface area (Å²) in [5.41, 5.74) is 2.10. The summed E-state index contributed by atoms with van der Waals surface area (Å²) in [5.74, 6) is 5.18. The lowest BCUT2D eigenvalue weighted by atomic mass is 10.4. The Morgan fingerprint density at radius 2 is 2.20 bits per heavy atom. The number of hydrogen-bond acceptors (Lipinski definition) is 6. The highest BCUT2D eigenvalue weighted by molar-refractivity contribution is 5.14. The number of ether oxygens (including phenoxy) is 1. The third-order valence-corrected chi connectivity index (χ3v) is 1.33. The second-order valence-electron chi connectivity index (χ2n) is 2.58. The van der Waals surface area contributed by atoms with E-state index in [2.05, 4.69) is 24.8 Å². The van der Waals surface area contributed by atoms with Gasteiger partial charge in [-0.3, -0.25) is 5.43 Å². The molecule has 0 aliphatic heterocycles. The number of hydrogen-bond donors (Lipinski definition) is 2. The van der Waals surface area contributed by atoms with Crippen LogP contribution in [0.2, 0.25) is 0 Å². The van der Waals surface area contributed by atoms with E-state index in [9.17, 15) is 13.2 Å². The van der Waals surface area contributed by atoms with E-state index in [0.717, 1.165) is 0 Å². The highest BCUT2D eigenvalue weighted by atomic mass is 19.4. The fourth-order valence-electron chi connectivity index (χ4n) is 0.765. The first-order chi connectivity index (χ1) is 7.01. The molecule has 0 amide bonds. The summed E-state index contributed by atoms with van der Waals surface area (Å²) < 4.78 is 43.8. The van der Waals surface area contributed by atoms with Crippen LogP contribution < -0.4 is 11.3 Å². The van der Waals surface area contributed by atoms with Gasteiger partial charge in [-0.15, -0.1) is 0 Å². The molecule has 15 heavy (non-hydrogen) atoms. The molecule has 1 aromatic heterocycles. The first-order valence-electron chi connectivity index (χ1n) is 3.95. The normalized spacial score (nSPS) is 11.7. The number of rotatable bonds is 5. The minimum absolute atomic E-state index is 0.000761. The molecular formula is C6H9F3N4O2. The first-order valence-corrected chi connectivity index (χ1v) is 3.95. The molecule has 0 radical (unpaired) electrons. The fraction of sp³-hybridized carbons (Fsp3) is 0.667. The fourth-order valence-corrected chi connectivity index (χ4v) is 0.765. The summed E-state index contributed by atoms with van der Waals surface area (Å²) in [6.07, 6.45) is -4.19. The lowest BCUT2D eigenvalue weighted by Gasteiger charge is -2.05. The molecule has 0 saturated heterocycles. The zero-order valence-corrected chi connectivity index (χ0v) is 7.54. The number of nitrogens with one attached hydrogen (secondary N) is 1. The summed E-state index contributed by atoms with van der Waals surface area (Å²) >= 11 is 0. The van der Waals surface area contributed by atoms with Crippen molar-refractivity contribution in [1.29, 1.82) is 0 Å². The van der Waals surface area contributed by atoms with Crippen LogP contribution >= 0.6 is 0 Å². The van der Waals surface area contributed by atoms with Crippen LogP contribution in [0.15, 0.2) is 4.52 Å². The number of halogens is 3. The zero-order chi connectivity index (χ0) is 11.3. The molecule has 0 unspecified atom stereocenters. The van der Waals surface area contributed by atoms with Gasteiger partial charge in [-0.2, -0.15) is 18.2 Å². The third kappa shape index (κ3) is 4.61. The molecule has 86 valence electrons. The molecule has 3 N–H and O–H groups in total. The highest BCUT2D eigenvalue weighted by Crippen LogP contribution is 2.14. The summed E-state index contributed by atoms with van der Waals surface area (Å²) in [5, 5.41) is 3.43. The van der Waals surface area contributed by atoms with Crippen molar-refractivity contribution in [2.24, 2.45) is 5.84 Å². The van der Waals surface area contributed by atoms with E-state index in [0.29, 0.717) is 0 Å². The van der Waals surface area contributed by atoms with Crippen molar-refractivity contribution in [3.05, 3.63) is 5.82 Å². The maximum Gasteiger partial charge on any atom is 0.411 e. The molecule has 1 rings (SSSR count).